The molecular formula is C12H26N2. The first-order valence-corrected chi connectivity index (χ1v) is 5.76. The van der Waals surface area contributed by atoms with Crippen LogP contribution in [0.3, 0.4) is 0 Å². The minimum atomic E-state index is 0.473. The van der Waals surface area contributed by atoms with Crippen molar-refractivity contribution in [3.8, 4) is 0 Å². The minimum absolute atomic E-state index is 0.473. The van der Waals surface area contributed by atoms with Crippen molar-refractivity contribution in [1.82, 2.24) is 10.2 Å². The quantitative estimate of drug-likeness (QED) is 0.730. The van der Waals surface area contributed by atoms with Crippen molar-refractivity contribution in [1.29, 1.82) is 0 Å². The summed E-state index contributed by atoms with van der Waals surface area (Å²) in [5.74, 6) is 0.867. The van der Waals surface area contributed by atoms with Crippen LogP contribution in [-0.4, -0.2) is 38.1 Å². The van der Waals surface area contributed by atoms with E-state index in [0.29, 0.717) is 11.5 Å². The third-order valence-electron chi connectivity index (χ3n) is 3.03. The molecule has 1 aliphatic heterocycles. The van der Waals surface area contributed by atoms with Gasteiger partial charge in [0.25, 0.3) is 0 Å². The Morgan fingerprint density at radius 3 is 2.43 bits per heavy atom. The molecule has 0 aromatic heterocycles. The number of likely N-dealkylation sites (tertiary alicyclic amines) is 1. The molecule has 1 N–H and O–H groups in total. The fraction of sp³-hybridized carbons (Fsp3) is 1.00. The van der Waals surface area contributed by atoms with Crippen molar-refractivity contribution in [2.75, 3.05) is 27.2 Å². The van der Waals surface area contributed by atoms with Crippen molar-refractivity contribution in [2.45, 2.75) is 39.7 Å². The molecule has 0 radical (unpaired) electrons. The maximum absolute atomic E-state index is 3.41. The maximum atomic E-state index is 3.41. The third-order valence-corrected chi connectivity index (χ3v) is 3.03. The predicted octanol–water partition coefficient (Wildman–Crippen LogP) is 1.96. The highest BCUT2D eigenvalue weighted by molar-refractivity contribution is 4.83. The van der Waals surface area contributed by atoms with E-state index in [0.717, 1.165) is 5.92 Å². The lowest BCUT2D eigenvalue weighted by atomic mass is 9.80. The van der Waals surface area contributed by atoms with E-state index in [1.165, 1.54) is 25.9 Å². The Kier molecular flexibility index (Phi) is 3.96. The smallest absolute Gasteiger partial charge is 0.0195 e. The molecule has 2 heteroatoms. The van der Waals surface area contributed by atoms with Crippen LogP contribution >= 0.6 is 0 Å². The van der Waals surface area contributed by atoms with Crippen molar-refractivity contribution in [3.05, 3.63) is 0 Å². The fourth-order valence-electron chi connectivity index (χ4n) is 2.67. The van der Waals surface area contributed by atoms with Crippen molar-refractivity contribution in [3.63, 3.8) is 0 Å². The van der Waals surface area contributed by atoms with Crippen LogP contribution in [0.1, 0.15) is 33.6 Å². The number of hydrogen-bond donors (Lipinski definition) is 1. The molecule has 14 heavy (non-hydrogen) atoms. The SMILES string of the molecule is CNC1CC(CC(C)(C)C)CN(C)C1. The monoisotopic (exact) mass is 198 g/mol. The molecule has 2 nitrogen and oxygen atoms in total. The van der Waals surface area contributed by atoms with E-state index >= 15 is 0 Å². The summed E-state index contributed by atoms with van der Waals surface area (Å²) in [6.07, 6.45) is 2.69. The molecule has 1 saturated heterocycles. The van der Waals surface area contributed by atoms with Gasteiger partial charge in [0, 0.05) is 19.1 Å². The van der Waals surface area contributed by atoms with Gasteiger partial charge in [0.15, 0.2) is 0 Å². The molecule has 0 spiro atoms. The zero-order valence-electron chi connectivity index (χ0n) is 10.4. The molecule has 2 atom stereocenters. The summed E-state index contributed by atoms with van der Waals surface area (Å²) in [4.78, 5) is 2.46. The first kappa shape index (κ1) is 12.0. The molecule has 0 aromatic carbocycles. The third kappa shape index (κ3) is 3.97. The largest absolute Gasteiger partial charge is 0.316 e. The summed E-state index contributed by atoms with van der Waals surface area (Å²) in [5.41, 5.74) is 0.473. The predicted molar refractivity (Wildman–Crippen MR) is 62.5 cm³/mol. The lowest BCUT2D eigenvalue weighted by Gasteiger charge is -2.38. The Bertz CT molecular complexity index is 172. The first-order chi connectivity index (χ1) is 6.40. The van der Waals surface area contributed by atoms with Crippen LogP contribution in [0.2, 0.25) is 0 Å². The van der Waals surface area contributed by atoms with Crippen molar-refractivity contribution >= 4 is 0 Å². The van der Waals surface area contributed by atoms with Gasteiger partial charge >= 0.3 is 0 Å². The number of rotatable bonds is 2. The molecule has 1 fully saturated rings. The maximum Gasteiger partial charge on any atom is 0.0195 e. The minimum Gasteiger partial charge on any atom is -0.316 e. The van der Waals surface area contributed by atoms with E-state index in [1.54, 1.807) is 0 Å². The molecule has 0 bridgehead atoms. The van der Waals surface area contributed by atoms with Crippen LogP contribution in [0, 0.1) is 11.3 Å². The lowest BCUT2D eigenvalue weighted by molar-refractivity contribution is 0.138. The van der Waals surface area contributed by atoms with E-state index in [2.05, 4.69) is 45.1 Å². The van der Waals surface area contributed by atoms with Gasteiger partial charge in [0.05, 0.1) is 0 Å². The van der Waals surface area contributed by atoms with Crippen LogP contribution in [0.15, 0.2) is 0 Å². The highest BCUT2D eigenvalue weighted by atomic mass is 15.1. The molecule has 1 aliphatic rings. The summed E-state index contributed by atoms with van der Waals surface area (Å²) >= 11 is 0. The van der Waals surface area contributed by atoms with Crippen LogP contribution in [0.5, 0.6) is 0 Å². The summed E-state index contributed by atoms with van der Waals surface area (Å²) in [7, 11) is 4.32. The number of piperidine rings is 1. The van der Waals surface area contributed by atoms with Crippen LogP contribution in [-0.2, 0) is 0 Å². The Labute approximate surface area is 89.1 Å². The lowest BCUT2D eigenvalue weighted by Crippen LogP contribution is -2.47. The standard InChI is InChI=1S/C12H26N2/c1-12(2,3)7-10-6-11(13-4)9-14(5)8-10/h10-11,13H,6-9H2,1-5H3. The van der Waals surface area contributed by atoms with E-state index < -0.39 is 0 Å². The van der Waals surface area contributed by atoms with Gasteiger partial charge < -0.3 is 10.2 Å². The van der Waals surface area contributed by atoms with E-state index in [4.69, 9.17) is 0 Å². The Morgan fingerprint density at radius 2 is 1.93 bits per heavy atom. The molecule has 1 heterocycles. The Hall–Kier alpha value is -0.0800. The second kappa shape index (κ2) is 4.63. The van der Waals surface area contributed by atoms with Gasteiger partial charge in [0.1, 0.15) is 0 Å². The average Bonchev–Trinajstić information content (AvgIpc) is 1.99. The van der Waals surface area contributed by atoms with Gasteiger partial charge in [-0.15, -0.1) is 0 Å². The normalized spacial score (nSPS) is 30.6. The van der Waals surface area contributed by atoms with Crippen LogP contribution in [0.4, 0.5) is 0 Å². The van der Waals surface area contributed by atoms with Gasteiger partial charge in [-0.25, -0.2) is 0 Å². The summed E-state index contributed by atoms with van der Waals surface area (Å²) in [5, 5.41) is 3.41. The molecule has 0 amide bonds. The molecule has 2 unspecified atom stereocenters. The van der Waals surface area contributed by atoms with E-state index in [1.807, 2.05) is 0 Å². The van der Waals surface area contributed by atoms with Crippen molar-refractivity contribution < 1.29 is 0 Å². The zero-order valence-corrected chi connectivity index (χ0v) is 10.4. The Morgan fingerprint density at radius 1 is 1.29 bits per heavy atom. The Balaban J connectivity index is 2.45. The number of likely N-dealkylation sites (N-methyl/N-ethyl adjacent to an activating group) is 2. The molecule has 0 aromatic rings. The van der Waals surface area contributed by atoms with Gasteiger partial charge in [-0.2, -0.15) is 0 Å². The van der Waals surface area contributed by atoms with Gasteiger partial charge in [-0.05, 0) is 38.3 Å². The second-order valence-electron chi connectivity index (χ2n) is 6.07. The number of hydrogen-bond acceptors (Lipinski definition) is 2. The highest BCUT2D eigenvalue weighted by Gasteiger charge is 2.27. The highest BCUT2D eigenvalue weighted by Crippen LogP contribution is 2.29. The fourth-order valence-corrected chi connectivity index (χ4v) is 2.67. The summed E-state index contributed by atoms with van der Waals surface area (Å²) < 4.78 is 0. The topological polar surface area (TPSA) is 15.3 Å². The number of nitrogens with one attached hydrogen (secondary N) is 1. The molecule has 0 saturated carbocycles. The molecule has 84 valence electrons. The molecular weight excluding hydrogens is 172 g/mol. The molecule has 1 rings (SSSR count). The average molecular weight is 198 g/mol. The summed E-state index contributed by atoms with van der Waals surface area (Å²) in [6, 6.07) is 0.695. The van der Waals surface area contributed by atoms with Gasteiger partial charge in [-0.1, -0.05) is 20.8 Å². The summed E-state index contributed by atoms with van der Waals surface area (Å²) in [6.45, 7) is 9.51. The van der Waals surface area contributed by atoms with Crippen LogP contribution in [0.25, 0.3) is 0 Å². The van der Waals surface area contributed by atoms with E-state index in [-0.39, 0.29) is 0 Å². The second-order valence-corrected chi connectivity index (χ2v) is 6.07. The van der Waals surface area contributed by atoms with Crippen molar-refractivity contribution in [2.24, 2.45) is 11.3 Å². The molecule has 0 aliphatic carbocycles. The first-order valence-electron chi connectivity index (χ1n) is 5.76. The van der Waals surface area contributed by atoms with Crippen LogP contribution < -0.4 is 5.32 Å². The van der Waals surface area contributed by atoms with Gasteiger partial charge in [-0.3, -0.25) is 0 Å². The van der Waals surface area contributed by atoms with E-state index in [9.17, 15) is 0 Å². The zero-order chi connectivity index (χ0) is 10.8. The number of nitrogens with zero attached hydrogens (tertiary/aromatic N) is 1. The van der Waals surface area contributed by atoms with Gasteiger partial charge in [0.2, 0.25) is 0 Å².